The number of carbonyl (C=O) groups is 1. The zero-order valence-electron chi connectivity index (χ0n) is 9.40. The van der Waals surface area contributed by atoms with Crippen molar-refractivity contribution >= 4 is 23.3 Å². The largest absolute Gasteiger partial charge is 0.396 e. The third-order valence-corrected chi connectivity index (χ3v) is 3.16. The molecule has 0 bridgehead atoms. The Labute approximate surface area is 99.8 Å². The second kappa shape index (κ2) is 7.19. The van der Waals surface area contributed by atoms with Gasteiger partial charge in [0.2, 0.25) is 5.91 Å². The molecule has 0 aromatic carbocycles. The van der Waals surface area contributed by atoms with Gasteiger partial charge in [-0.2, -0.15) is 0 Å². The van der Waals surface area contributed by atoms with E-state index in [9.17, 15) is 4.79 Å². The molecule has 0 atom stereocenters. The monoisotopic (exact) mass is 239 g/mol. The zero-order valence-corrected chi connectivity index (χ0v) is 10.2. The van der Waals surface area contributed by atoms with Crippen LogP contribution >= 0.6 is 11.3 Å². The summed E-state index contributed by atoms with van der Waals surface area (Å²) in [5.74, 6) is -0.0780. The van der Waals surface area contributed by atoms with E-state index in [1.165, 1.54) is 5.56 Å². The molecule has 1 amide bonds. The Kier molecular flexibility index (Phi) is 5.82. The normalized spacial score (nSPS) is 10.9. The van der Waals surface area contributed by atoms with E-state index in [4.69, 9.17) is 5.11 Å². The predicted molar refractivity (Wildman–Crippen MR) is 67.4 cm³/mol. The van der Waals surface area contributed by atoms with Gasteiger partial charge in [0.15, 0.2) is 0 Å². The first-order valence-electron chi connectivity index (χ1n) is 5.35. The molecule has 88 valence electrons. The molecule has 0 unspecified atom stereocenters. The van der Waals surface area contributed by atoms with Gasteiger partial charge in [-0.1, -0.05) is 0 Å². The van der Waals surface area contributed by atoms with Crippen LogP contribution in [0.25, 0.3) is 6.08 Å². The van der Waals surface area contributed by atoms with E-state index >= 15 is 0 Å². The summed E-state index contributed by atoms with van der Waals surface area (Å²) in [6, 6.07) is 2.03. The maximum Gasteiger partial charge on any atom is 0.244 e. The molecule has 4 heteroatoms. The fraction of sp³-hybridized carbons (Fsp3) is 0.417. The van der Waals surface area contributed by atoms with Crippen molar-refractivity contribution < 1.29 is 9.90 Å². The Balaban J connectivity index is 2.29. The van der Waals surface area contributed by atoms with E-state index in [2.05, 4.69) is 5.32 Å². The average molecular weight is 239 g/mol. The predicted octanol–water partition coefficient (Wildman–Crippen LogP) is 1.96. The van der Waals surface area contributed by atoms with E-state index in [1.807, 2.05) is 24.4 Å². The molecule has 0 saturated heterocycles. The number of hydrogen-bond acceptors (Lipinski definition) is 3. The molecule has 0 aliphatic heterocycles. The van der Waals surface area contributed by atoms with Crippen LogP contribution in [0.2, 0.25) is 0 Å². The first kappa shape index (κ1) is 12.9. The van der Waals surface area contributed by atoms with Crippen LogP contribution in [0.1, 0.15) is 23.3 Å². The van der Waals surface area contributed by atoms with Crippen molar-refractivity contribution in [2.75, 3.05) is 13.2 Å². The molecule has 0 aliphatic carbocycles. The quantitative estimate of drug-likeness (QED) is 0.589. The van der Waals surface area contributed by atoms with Crippen molar-refractivity contribution in [1.29, 1.82) is 0 Å². The van der Waals surface area contributed by atoms with Crippen molar-refractivity contribution in [1.82, 2.24) is 5.32 Å². The highest BCUT2D eigenvalue weighted by Gasteiger charge is 1.97. The summed E-state index contributed by atoms with van der Waals surface area (Å²) in [6.07, 6.45) is 4.93. The third-order valence-electron chi connectivity index (χ3n) is 2.17. The van der Waals surface area contributed by atoms with Gasteiger partial charge in [0.05, 0.1) is 0 Å². The summed E-state index contributed by atoms with van der Waals surface area (Å²) < 4.78 is 0. The maximum absolute atomic E-state index is 11.4. The Bertz CT molecular complexity index is 358. The SMILES string of the molecule is Cc1ccsc1/C=C/C(=O)NCCCCO. The maximum atomic E-state index is 11.4. The number of thiophene rings is 1. The fourth-order valence-electron chi connectivity index (χ4n) is 1.21. The Morgan fingerprint density at radius 3 is 3.00 bits per heavy atom. The van der Waals surface area contributed by atoms with E-state index in [1.54, 1.807) is 17.4 Å². The molecule has 2 N–H and O–H groups in total. The number of unbranched alkanes of at least 4 members (excludes halogenated alkanes) is 1. The van der Waals surface area contributed by atoms with Crippen LogP contribution in [-0.2, 0) is 4.79 Å². The van der Waals surface area contributed by atoms with Crippen LogP contribution in [0.4, 0.5) is 0 Å². The topological polar surface area (TPSA) is 49.3 Å². The second-order valence-electron chi connectivity index (χ2n) is 3.52. The molecule has 0 fully saturated rings. The second-order valence-corrected chi connectivity index (χ2v) is 4.47. The number of aliphatic hydroxyl groups excluding tert-OH is 1. The number of aryl methyl sites for hydroxylation is 1. The average Bonchev–Trinajstić information content (AvgIpc) is 2.67. The molecule has 1 aromatic heterocycles. The summed E-state index contributed by atoms with van der Waals surface area (Å²) in [7, 11) is 0. The van der Waals surface area contributed by atoms with Crippen molar-refractivity contribution in [2.45, 2.75) is 19.8 Å². The molecule has 0 radical (unpaired) electrons. The van der Waals surface area contributed by atoms with Gasteiger partial charge in [-0.05, 0) is 42.9 Å². The van der Waals surface area contributed by atoms with Gasteiger partial charge in [-0.15, -0.1) is 11.3 Å². The molecule has 1 rings (SSSR count). The van der Waals surface area contributed by atoms with Crippen LogP contribution in [-0.4, -0.2) is 24.2 Å². The van der Waals surface area contributed by atoms with Crippen molar-refractivity contribution in [3.8, 4) is 0 Å². The standard InChI is InChI=1S/C12H17NO2S/c1-10-6-9-16-11(10)4-5-12(15)13-7-2-3-8-14/h4-6,9,14H,2-3,7-8H2,1H3,(H,13,15)/b5-4+. The number of carbonyl (C=O) groups excluding carboxylic acids is 1. The summed E-state index contributed by atoms with van der Waals surface area (Å²) in [5, 5.41) is 13.3. The van der Waals surface area contributed by atoms with Gasteiger partial charge in [-0.25, -0.2) is 0 Å². The van der Waals surface area contributed by atoms with E-state index in [-0.39, 0.29) is 12.5 Å². The molecular weight excluding hydrogens is 222 g/mol. The molecule has 1 heterocycles. The number of amides is 1. The van der Waals surface area contributed by atoms with Crippen molar-refractivity contribution in [3.63, 3.8) is 0 Å². The first-order chi connectivity index (χ1) is 7.74. The fourth-order valence-corrected chi connectivity index (χ4v) is 2.03. The molecule has 16 heavy (non-hydrogen) atoms. The molecule has 0 spiro atoms. The van der Waals surface area contributed by atoms with E-state index in [0.717, 1.165) is 17.7 Å². The Morgan fingerprint density at radius 2 is 2.38 bits per heavy atom. The van der Waals surface area contributed by atoms with Gasteiger partial charge in [0.25, 0.3) is 0 Å². The first-order valence-corrected chi connectivity index (χ1v) is 6.23. The minimum Gasteiger partial charge on any atom is -0.396 e. The number of hydrogen-bond donors (Lipinski definition) is 2. The highest BCUT2D eigenvalue weighted by molar-refractivity contribution is 7.11. The number of rotatable bonds is 6. The zero-order chi connectivity index (χ0) is 11.8. The molecule has 0 saturated carbocycles. The lowest BCUT2D eigenvalue weighted by atomic mass is 10.2. The highest BCUT2D eigenvalue weighted by Crippen LogP contribution is 2.16. The molecule has 0 aliphatic rings. The van der Waals surface area contributed by atoms with Crippen LogP contribution in [0.3, 0.4) is 0 Å². The van der Waals surface area contributed by atoms with Crippen LogP contribution in [0.15, 0.2) is 17.5 Å². The molecule has 1 aromatic rings. The minimum atomic E-state index is -0.0780. The number of aliphatic hydroxyl groups is 1. The molecular formula is C12H17NO2S. The van der Waals surface area contributed by atoms with Gasteiger partial charge in [0, 0.05) is 24.1 Å². The Morgan fingerprint density at radius 1 is 1.56 bits per heavy atom. The highest BCUT2D eigenvalue weighted by atomic mass is 32.1. The summed E-state index contributed by atoms with van der Waals surface area (Å²) in [6.45, 7) is 2.82. The van der Waals surface area contributed by atoms with Crippen LogP contribution in [0, 0.1) is 6.92 Å². The smallest absolute Gasteiger partial charge is 0.244 e. The lowest BCUT2D eigenvalue weighted by molar-refractivity contribution is -0.116. The van der Waals surface area contributed by atoms with Crippen molar-refractivity contribution in [2.24, 2.45) is 0 Å². The Hall–Kier alpha value is -1.13. The van der Waals surface area contributed by atoms with E-state index in [0.29, 0.717) is 6.54 Å². The summed E-state index contributed by atoms with van der Waals surface area (Å²) >= 11 is 1.62. The van der Waals surface area contributed by atoms with Crippen molar-refractivity contribution in [3.05, 3.63) is 28.0 Å². The minimum absolute atomic E-state index is 0.0780. The van der Waals surface area contributed by atoms with Gasteiger partial charge < -0.3 is 10.4 Å². The van der Waals surface area contributed by atoms with Gasteiger partial charge >= 0.3 is 0 Å². The van der Waals surface area contributed by atoms with Crippen LogP contribution in [0.5, 0.6) is 0 Å². The van der Waals surface area contributed by atoms with Gasteiger partial charge in [-0.3, -0.25) is 4.79 Å². The lowest BCUT2D eigenvalue weighted by Crippen LogP contribution is -2.22. The molecule has 3 nitrogen and oxygen atoms in total. The summed E-state index contributed by atoms with van der Waals surface area (Å²) in [4.78, 5) is 12.5. The van der Waals surface area contributed by atoms with Crippen LogP contribution < -0.4 is 5.32 Å². The lowest BCUT2D eigenvalue weighted by Gasteiger charge is -1.99. The summed E-state index contributed by atoms with van der Waals surface area (Å²) in [5.41, 5.74) is 1.19. The van der Waals surface area contributed by atoms with E-state index < -0.39 is 0 Å². The van der Waals surface area contributed by atoms with Gasteiger partial charge in [0.1, 0.15) is 0 Å². The third kappa shape index (κ3) is 4.59. The number of nitrogens with one attached hydrogen (secondary N) is 1.